The molecule has 1 aliphatic carbocycles. The van der Waals surface area contributed by atoms with E-state index < -0.39 is 6.10 Å². The van der Waals surface area contributed by atoms with Crippen LogP contribution in [0.5, 0.6) is 0 Å². The normalized spacial score (nSPS) is 24.2. The summed E-state index contributed by atoms with van der Waals surface area (Å²) in [6.07, 6.45) is 0.277. The maximum absolute atomic E-state index is 12.7. The van der Waals surface area contributed by atoms with Gasteiger partial charge in [-0.1, -0.05) is 12.1 Å². The molecule has 2 rings (SSSR count). The van der Waals surface area contributed by atoms with Gasteiger partial charge in [0.15, 0.2) is 0 Å². The molecule has 0 aliphatic heterocycles. The lowest BCUT2D eigenvalue weighted by Gasteiger charge is -2.06. The standard InChI is InChI=1S/C13H16FNO2/c1-8(16)7-15-13(17)12-6-11(12)9-2-4-10(14)5-3-9/h2-5,8,11-12,16H,6-7H2,1H3,(H,15,17)/t8-,11-,12+/m0/s1. The van der Waals surface area contributed by atoms with Crippen molar-refractivity contribution in [1.82, 2.24) is 5.32 Å². The van der Waals surface area contributed by atoms with Crippen LogP contribution in [0.2, 0.25) is 0 Å². The van der Waals surface area contributed by atoms with E-state index in [1.54, 1.807) is 19.1 Å². The fraction of sp³-hybridized carbons (Fsp3) is 0.462. The molecular formula is C13H16FNO2. The van der Waals surface area contributed by atoms with Crippen LogP contribution in [-0.2, 0) is 4.79 Å². The van der Waals surface area contributed by atoms with Gasteiger partial charge in [0, 0.05) is 12.5 Å². The van der Waals surface area contributed by atoms with Gasteiger partial charge in [0.25, 0.3) is 0 Å². The zero-order valence-electron chi connectivity index (χ0n) is 9.69. The summed E-state index contributed by atoms with van der Waals surface area (Å²) in [6.45, 7) is 1.91. The van der Waals surface area contributed by atoms with Crippen LogP contribution in [-0.4, -0.2) is 23.7 Å². The maximum atomic E-state index is 12.7. The van der Waals surface area contributed by atoms with E-state index in [1.165, 1.54) is 12.1 Å². The summed E-state index contributed by atoms with van der Waals surface area (Å²) in [4.78, 5) is 11.7. The minimum atomic E-state index is -0.526. The summed E-state index contributed by atoms with van der Waals surface area (Å²) in [7, 11) is 0. The molecule has 1 saturated carbocycles. The molecule has 2 N–H and O–H groups in total. The fourth-order valence-electron chi connectivity index (χ4n) is 1.94. The van der Waals surface area contributed by atoms with Crippen molar-refractivity contribution in [1.29, 1.82) is 0 Å². The molecule has 0 radical (unpaired) electrons. The third kappa shape index (κ3) is 3.03. The average Bonchev–Trinajstić information content (AvgIpc) is 3.07. The smallest absolute Gasteiger partial charge is 0.223 e. The predicted molar refractivity (Wildman–Crippen MR) is 61.9 cm³/mol. The molecule has 1 aromatic rings. The highest BCUT2D eigenvalue weighted by Gasteiger charge is 2.43. The molecule has 0 heterocycles. The van der Waals surface area contributed by atoms with Gasteiger partial charge in [-0.25, -0.2) is 4.39 Å². The number of aliphatic hydroxyl groups is 1. The molecule has 3 nitrogen and oxygen atoms in total. The van der Waals surface area contributed by atoms with Gasteiger partial charge in [-0.15, -0.1) is 0 Å². The van der Waals surface area contributed by atoms with Crippen molar-refractivity contribution in [3.8, 4) is 0 Å². The lowest BCUT2D eigenvalue weighted by atomic mass is 10.1. The van der Waals surface area contributed by atoms with Gasteiger partial charge in [-0.3, -0.25) is 4.79 Å². The number of hydrogen-bond donors (Lipinski definition) is 2. The zero-order chi connectivity index (χ0) is 12.4. The van der Waals surface area contributed by atoms with Gasteiger partial charge in [0.05, 0.1) is 6.10 Å². The second kappa shape index (κ2) is 4.84. The van der Waals surface area contributed by atoms with E-state index in [0.29, 0.717) is 0 Å². The maximum Gasteiger partial charge on any atom is 0.223 e. The quantitative estimate of drug-likeness (QED) is 0.832. The Morgan fingerprint density at radius 1 is 1.53 bits per heavy atom. The van der Waals surface area contributed by atoms with Crippen LogP contribution in [0.25, 0.3) is 0 Å². The average molecular weight is 237 g/mol. The van der Waals surface area contributed by atoms with Crippen molar-refractivity contribution < 1.29 is 14.3 Å². The number of nitrogens with one attached hydrogen (secondary N) is 1. The summed E-state index contributed by atoms with van der Waals surface area (Å²) < 4.78 is 12.7. The molecule has 1 fully saturated rings. The van der Waals surface area contributed by atoms with Gasteiger partial charge in [0.2, 0.25) is 5.91 Å². The SMILES string of the molecule is C[C@H](O)CNC(=O)[C@@H]1C[C@H]1c1ccc(F)cc1. The van der Waals surface area contributed by atoms with Crippen LogP contribution in [0.4, 0.5) is 4.39 Å². The number of carbonyl (C=O) groups is 1. The van der Waals surface area contributed by atoms with E-state index in [4.69, 9.17) is 5.11 Å². The first-order valence-electron chi connectivity index (χ1n) is 5.79. The first kappa shape index (κ1) is 12.0. The minimum absolute atomic E-state index is 0.0276. The van der Waals surface area contributed by atoms with Gasteiger partial charge >= 0.3 is 0 Å². The summed E-state index contributed by atoms with van der Waals surface area (Å²) in [6, 6.07) is 6.28. The van der Waals surface area contributed by atoms with Crippen molar-refractivity contribution in [2.75, 3.05) is 6.54 Å². The van der Waals surface area contributed by atoms with E-state index in [2.05, 4.69) is 5.32 Å². The van der Waals surface area contributed by atoms with E-state index in [9.17, 15) is 9.18 Å². The molecule has 1 aromatic carbocycles. The minimum Gasteiger partial charge on any atom is -0.392 e. The molecule has 0 spiro atoms. The Bertz CT molecular complexity index is 402. The summed E-state index contributed by atoms with van der Waals surface area (Å²) in [5.41, 5.74) is 1.00. The zero-order valence-corrected chi connectivity index (χ0v) is 9.69. The van der Waals surface area contributed by atoms with Crippen LogP contribution in [0.15, 0.2) is 24.3 Å². The van der Waals surface area contributed by atoms with Crippen LogP contribution in [0.3, 0.4) is 0 Å². The van der Waals surface area contributed by atoms with E-state index in [1.807, 2.05) is 0 Å². The van der Waals surface area contributed by atoms with Crippen molar-refractivity contribution in [2.45, 2.75) is 25.4 Å². The number of carbonyl (C=O) groups excluding carboxylic acids is 1. The molecule has 0 unspecified atom stereocenters. The van der Waals surface area contributed by atoms with Crippen LogP contribution in [0, 0.1) is 11.7 Å². The predicted octanol–water partition coefficient (Wildman–Crippen LogP) is 1.43. The molecule has 3 atom stereocenters. The number of rotatable bonds is 4. The highest BCUT2D eigenvalue weighted by Crippen LogP contribution is 2.47. The molecule has 0 bridgehead atoms. The monoisotopic (exact) mass is 237 g/mol. The Balaban J connectivity index is 1.87. The second-order valence-electron chi connectivity index (χ2n) is 4.59. The molecule has 0 aromatic heterocycles. The Morgan fingerprint density at radius 2 is 2.18 bits per heavy atom. The van der Waals surface area contributed by atoms with E-state index >= 15 is 0 Å². The lowest BCUT2D eigenvalue weighted by Crippen LogP contribution is -2.31. The highest BCUT2D eigenvalue weighted by atomic mass is 19.1. The number of amides is 1. The molecule has 17 heavy (non-hydrogen) atoms. The fourth-order valence-corrected chi connectivity index (χ4v) is 1.94. The topological polar surface area (TPSA) is 49.3 Å². The number of halogens is 1. The Kier molecular flexibility index (Phi) is 3.43. The number of hydrogen-bond acceptors (Lipinski definition) is 2. The largest absolute Gasteiger partial charge is 0.392 e. The Hall–Kier alpha value is -1.42. The van der Waals surface area contributed by atoms with Gasteiger partial charge in [-0.2, -0.15) is 0 Å². The molecule has 1 aliphatic rings. The van der Waals surface area contributed by atoms with Crippen molar-refractivity contribution in [3.05, 3.63) is 35.6 Å². The van der Waals surface area contributed by atoms with Gasteiger partial charge < -0.3 is 10.4 Å². The first-order valence-corrected chi connectivity index (χ1v) is 5.79. The lowest BCUT2D eigenvalue weighted by molar-refractivity contribution is -0.122. The van der Waals surface area contributed by atoms with Crippen LogP contribution < -0.4 is 5.32 Å². The van der Waals surface area contributed by atoms with Crippen LogP contribution in [0.1, 0.15) is 24.8 Å². The van der Waals surface area contributed by atoms with Crippen molar-refractivity contribution >= 4 is 5.91 Å². The summed E-state index contributed by atoms with van der Waals surface area (Å²) in [5.74, 6) is -0.117. The first-order chi connectivity index (χ1) is 8.08. The molecule has 92 valence electrons. The molecular weight excluding hydrogens is 221 g/mol. The van der Waals surface area contributed by atoms with Crippen molar-refractivity contribution in [3.63, 3.8) is 0 Å². The Morgan fingerprint density at radius 3 is 2.76 bits per heavy atom. The van der Waals surface area contributed by atoms with Crippen LogP contribution >= 0.6 is 0 Å². The van der Waals surface area contributed by atoms with Gasteiger partial charge in [-0.05, 0) is 37.0 Å². The molecule has 4 heteroatoms. The number of benzene rings is 1. The Labute approximate surface area is 99.7 Å². The van der Waals surface area contributed by atoms with Gasteiger partial charge in [0.1, 0.15) is 5.82 Å². The van der Waals surface area contributed by atoms with Crippen molar-refractivity contribution in [2.24, 2.45) is 5.92 Å². The number of aliphatic hydroxyl groups excluding tert-OH is 1. The third-order valence-electron chi connectivity index (χ3n) is 3.00. The summed E-state index contributed by atoms with van der Waals surface area (Å²) >= 11 is 0. The summed E-state index contributed by atoms with van der Waals surface area (Å²) in [5, 5.41) is 11.8. The molecule has 1 amide bonds. The second-order valence-corrected chi connectivity index (χ2v) is 4.59. The van der Waals surface area contributed by atoms with E-state index in [0.717, 1.165) is 12.0 Å². The molecule has 0 saturated heterocycles. The highest BCUT2D eigenvalue weighted by molar-refractivity contribution is 5.82. The third-order valence-corrected chi connectivity index (χ3v) is 3.00. The van der Waals surface area contributed by atoms with E-state index in [-0.39, 0.29) is 30.1 Å².